The molecule has 2 aliphatic rings. The Balaban J connectivity index is 1.36. The van der Waals surface area contributed by atoms with Crippen molar-refractivity contribution >= 4 is 29.3 Å². The quantitative estimate of drug-likeness (QED) is 0.817. The summed E-state index contributed by atoms with van der Waals surface area (Å²) in [5, 5.41) is 2.83. The lowest BCUT2D eigenvalue weighted by Gasteiger charge is -2.27. The standard InChI is InChI=1S/C22H23N3O5/c1-15-4-2-3-5-19(15)21(27)23-12-18-13-25(22(28)30-18)17-8-6-16(7-9-17)24-10-11-29-14-20(24)26/h2-9,18H,10-14H2,1H3,(H,23,27)/t18-/m0/s1. The van der Waals surface area contributed by atoms with E-state index in [0.29, 0.717) is 30.9 Å². The molecule has 0 aliphatic carbocycles. The van der Waals surface area contributed by atoms with Gasteiger partial charge >= 0.3 is 6.09 Å². The summed E-state index contributed by atoms with van der Waals surface area (Å²) in [7, 11) is 0. The minimum atomic E-state index is -0.458. The molecule has 4 rings (SSSR count). The van der Waals surface area contributed by atoms with E-state index in [1.165, 1.54) is 4.90 Å². The van der Waals surface area contributed by atoms with E-state index in [0.717, 1.165) is 11.3 Å². The third kappa shape index (κ3) is 4.13. The van der Waals surface area contributed by atoms with E-state index in [2.05, 4.69) is 5.32 Å². The number of ether oxygens (including phenoxy) is 2. The fourth-order valence-electron chi connectivity index (χ4n) is 3.57. The highest BCUT2D eigenvalue weighted by molar-refractivity contribution is 5.96. The average molecular weight is 409 g/mol. The average Bonchev–Trinajstić information content (AvgIpc) is 3.13. The number of carbonyl (C=O) groups is 3. The molecule has 3 amide bonds. The van der Waals surface area contributed by atoms with Crippen molar-refractivity contribution in [3.63, 3.8) is 0 Å². The predicted octanol–water partition coefficient (Wildman–Crippen LogP) is 2.11. The van der Waals surface area contributed by atoms with Gasteiger partial charge in [-0.25, -0.2) is 4.79 Å². The molecule has 8 heteroatoms. The third-order valence-corrected chi connectivity index (χ3v) is 5.21. The van der Waals surface area contributed by atoms with Crippen LogP contribution in [0.1, 0.15) is 15.9 Å². The number of carbonyl (C=O) groups excluding carboxylic acids is 3. The molecular weight excluding hydrogens is 386 g/mol. The Morgan fingerprint density at radius 3 is 2.47 bits per heavy atom. The lowest BCUT2D eigenvalue weighted by Crippen LogP contribution is -2.41. The smallest absolute Gasteiger partial charge is 0.414 e. The van der Waals surface area contributed by atoms with Gasteiger partial charge in [0.1, 0.15) is 12.7 Å². The summed E-state index contributed by atoms with van der Waals surface area (Å²) in [5.41, 5.74) is 2.93. The van der Waals surface area contributed by atoms with Gasteiger partial charge in [-0.05, 0) is 42.8 Å². The van der Waals surface area contributed by atoms with Crippen LogP contribution >= 0.6 is 0 Å². The molecule has 0 bridgehead atoms. The summed E-state index contributed by atoms with van der Waals surface area (Å²) in [6.07, 6.45) is -0.897. The van der Waals surface area contributed by atoms with Gasteiger partial charge in [0.15, 0.2) is 0 Å². The number of benzene rings is 2. The first-order chi connectivity index (χ1) is 14.5. The number of hydrogen-bond donors (Lipinski definition) is 1. The van der Waals surface area contributed by atoms with Crippen LogP contribution in [-0.2, 0) is 14.3 Å². The van der Waals surface area contributed by atoms with Crippen molar-refractivity contribution in [3.8, 4) is 0 Å². The van der Waals surface area contributed by atoms with Crippen molar-refractivity contribution in [2.45, 2.75) is 13.0 Å². The van der Waals surface area contributed by atoms with Crippen LogP contribution in [0.4, 0.5) is 16.2 Å². The molecule has 2 heterocycles. The molecule has 156 valence electrons. The summed E-state index contributed by atoms with van der Waals surface area (Å²) < 4.78 is 10.5. The molecule has 2 saturated heterocycles. The molecule has 8 nitrogen and oxygen atoms in total. The van der Waals surface area contributed by atoms with Crippen LogP contribution < -0.4 is 15.1 Å². The first-order valence-corrected chi connectivity index (χ1v) is 9.83. The largest absolute Gasteiger partial charge is 0.442 e. The summed E-state index contributed by atoms with van der Waals surface area (Å²) in [6, 6.07) is 14.5. The highest BCUT2D eigenvalue weighted by Gasteiger charge is 2.33. The second-order valence-corrected chi connectivity index (χ2v) is 7.26. The van der Waals surface area contributed by atoms with Crippen molar-refractivity contribution in [3.05, 3.63) is 59.7 Å². The molecule has 0 aromatic heterocycles. The first-order valence-electron chi connectivity index (χ1n) is 9.83. The zero-order valence-corrected chi connectivity index (χ0v) is 16.7. The van der Waals surface area contributed by atoms with Gasteiger partial charge in [-0.2, -0.15) is 0 Å². The predicted molar refractivity (Wildman–Crippen MR) is 111 cm³/mol. The minimum absolute atomic E-state index is 0.0795. The van der Waals surface area contributed by atoms with Gasteiger partial charge in [0, 0.05) is 23.5 Å². The number of nitrogens with zero attached hydrogens (tertiary/aromatic N) is 2. The Morgan fingerprint density at radius 1 is 1.07 bits per heavy atom. The number of morpholine rings is 1. The maximum atomic E-state index is 12.4. The van der Waals surface area contributed by atoms with Crippen molar-refractivity contribution in [1.82, 2.24) is 5.32 Å². The zero-order chi connectivity index (χ0) is 21.1. The van der Waals surface area contributed by atoms with Crippen LogP contribution in [0.15, 0.2) is 48.5 Å². The zero-order valence-electron chi connectivity index (χ0n) is 16.7. The highest BCUT2D eigenvalue weighted by Crippen LogP contribution is 2.25. The second kappa shape index (κ2) is 8.54. The Hall–Kier alpha value is -3.39. The highest BCUT2D eigenvalue weighted by atomic mass is 16.6. The molecule has 0 saturated carbocycles. The van der Waals surface area contributed by atoms with Gasteiger partial charge in [-0.3, -0.25) is 14.5 Å². The molecule has 2 fully saturated rings. The lowest BCUT2D eigenvalue weighted by atomic mass is 10.1. The fraction of sp³-hybridized carbons (Fsp3) is 0.318. The van der Waals surface area contributed by atoms with Crippen molar-refractivity contribution in [1.29, 1.82) is 0 Å². The van der Waals surface area contributed by atoms with Gasteiger partial charge in [0.05, 0.1) is 19.7 Å². The second-order valence-electron chi connectivity index (χ2n) is 7.26. The number of nitrogens with one attached hydrogen (secondary N) is 1. The monoisotopic (exact) mass is 409 g/mol. The van der Waals surface area contributed by atoms with Crippen molar-refractivity contribution in [2.24, 2.45) is 0 Å². The van der Waals surface area contributed by atoms with E-state index >= 15 is 0 Å². The first kappa shape index (κ1) is 19.9. The number of aryl methyl sites for hydroxylation is 1. The van der Waals surface area contributed by atoms with Gasteiger partial charge in [0.2, 0.25) is 0 Å². The summed E-state index contributed by atoms with van der Waals surface area (Å²) in [4.78, 5) is 39.8. The van der Waals surface area contributed by atoms with Crippen LogP contribution in [-0.4, -0.2) is 56.9 Å². The number of amides is 3. The summed E-state index contributed by atoms with van der Waals surface area (Å²) in [6.45, 7) is 3.53. The minimum Gasteiger partial charge on any atom is -0.442 e. The van der Waals surface area contributed by atoms with E-state index in [1.54, 1.807) is 35.2 Å². The number of hydrogen-bond acceptors (Lipinski definition) is 5. The Kier molecular flexibility index (Phi) is 5.67. The number of anilines is 2. The maximum Gasteiger partial charge on any atom is 0.414 e. The normalized spacial score (nSPS) is 19.0. The number of cyclic esters (lactones) is 1. The Morgan fingerprint density at radius 2 is 1.77 bits per heavy atom. The lowest BCUT2D eigenvalue weighted by molar-refractivity contribution is -0.125. The molecule has 0 radical (unpaired) electrons. The van der Waals surface area contributed by atoms with Crippen molar-refractivity contribution in [2.75, 3.05) is 42.6 Å². The molecular formula is C22H23N3O5. The van der Waals surface area contributed by atoms with E-state index < -0.39 is 12.2 Å². The Labute approximate surface area is 174 Å². The molecule has 30 heavy (non-hydrogen) atoms. The van der Waals surface area contributed by atoms with Gasteiger partial charge in [0.25, 0.3) is 11.8 Å². The van der Waals surface area contributed by atoms with E-state index in [1.807, 2.05) is 25.1 Å². The summed E-state index contributed by atoms with van der Waals surface area (Å²) >= 11 is 0. The van der Waals surface area contributed by atoms with E-state index in [9.17, 15) is 14.4 Å². The van der Waals surface area contributed by atoms with Gasteiger partial charge in [-0.15, -0.1) is 0 Å². The molecule has 1 atom stereocenters. The van der Waals surface area contributed by atoms with Crippen molar-refractivity contribution < 1.29 is 23.9 Å². The van der Waals surface area contributed by atoms with E-state index in [4.69, 9.17) is 9.47 Å². The van der Waals surface area contributed by atoms with Crippen LogP contribution in [0, 0.1) is 6.92 Å². The maximum absolute atomic E-state index is 12.4. The summed E-state index contributed by atoms with van der Waals surface area (Å²) in [5.74, 6) is -0.277. The Bertz CT molecular complexity index is 960. The third-order valence-electron chi connectivity index (χ3n) is 5.21. The van der Waals surface area contributed by atoms with Crippen LogP contribution in [0.2, 0.25) is 0 Å². The molecule has 2 aromatic rings. The molecule has 1 N–H and O–H groups in total. The van der Waals surface area contributed by atoms with E-state index in [-0.39, 0.29) is 25.0 Å². The van der Waals surface area contributed by atoms with Gasteiger partial charge < -0.3 is 19.7 Å². The topological polar surface area (TPSA) is 88.2 Å². The van der Waals surface area contributed by atoms with Crippen LogP contribution in [0.25, 0.3) is 0 Å². The fourth-order valence-corrected chi connectivity index (χ4v) is 3.57. The molecule has 0 spiro atoms. The van der Waals surface area contributed by atoms with Crippen LogP contribution in [0.3, 0.4) is 0 Å². The van der Waals surface area contributed by atoms with Gasteiger partial charge in [-0.1, -0.05) is 18.2 Å². The number of rotatable bonds is 5. The molecule has 2 aliphatic heterocycles. The molecule has 2 aromatic carbocycles. The SMILES string of the molecule is Cc1ccccc1C(=O)NC[C@H]1CN(c2ccc(N3CCOCC3=O)cc2)C(=O)O1. The van der Waals surface area contributed by atoms with Crippen LogP contribution in [0.5, 0.6) is 0 Å². The molecule has 0 unspecified atom stereocenters.